The van der Waals surface area contributed by atoms with Crippen LogP contribution >= 0.6 is 22.7 Å². The average molecular weight is 395 g/mol. The fraction of sp³-hybridized carbons (Fsp3) is 0.333. The van der Waals surface area contributed by atoms with Crippen molar-refractivity contribution in [3.63, 3.8) is 0 Å². The maximum absolute atomic E-state index is 4.64. The number of likely N-dealkylation sites (N-methyl/N-ethyl adjacent to an activating group) is 1. The molecule has 1 fully saturated rings. The van der Waals surface area contributed by atoms with Crippen molar-refractivity contribution in [1.82, 2.24) is 14.9 Å². The number of benzene rings is 1. The van der Waals surface area contributed by atoms with Gasteiger partial charge in [0.2, 0.25) is 0 Å². The van der Waals surface area contributed by atoms with E-state index in [9.17, 15) is 0 Å². The molecular weight excluding hydrogens is 372 g/mol. The van der Waals surface area contributed by atoms with Gasteiger partial charge in [-0.3, -0.25) is 0 Å². The van der Waals surface area contributed by atoms with Gasteiger partial charge in [0.15, 0.2) is 0 Å². The summed E-state index contributed by atoms with van der Waals surface area (Å²) < 4.78 is 1.22. The summed E-state index contributed by atoms with van der Waals surface area (Å²) in [5, 5.41) is 4.81. The number of pyridine rings is 1. The van der Waals surface area contributed by atoms with Crippen molar-refractivity contribution in [1.29, 1.82) is 0 Å². The highest BCUT2D eigenvalue weighted by Crippen LogP contribution is 2.41. The summed E-state index contributed by atoms with van der Waals surface area (Å²) in [4.78, 5) is 14.2. The Hall–Kier alpha value is -2.02. The minimum Gasteiger partial charge on any atom is -0.355 e. The third-order valence-corrected chi connectivity index (χ3v) is 7.71. The number of nitrogens with zero attached hydrogens (tertiary/aromatic N) is 3. The zero-order chi connectivity index (χ0) is 18.4. The number of nitrogens with one attached hydrogen (secondary N) is 1. The van der Waals surface area contributed by atoms with E-state index < -0.39 is 0 Å². The Balaban J connectivity index is 1.49. The van der Waals surface area contributed by atoms with Crippen LogP contribution in [0.4, 0.5) is 11.4 Å². The van der Waals surface area contributed by atoms with Crippen LogP contribution < -0.4 is 5.32 Å². The summed E-state index contributed by atoms with van der Waals surface area (Å²) in [5.74, 6) is 0.614. The first-order valence-corrected chi connectivity index (χ1v) is 11.2. The highest BCUT2D eigenvalue weighted by molar-refractivity contribution is 7.18. The number of fused-ring (bicyclic) bond motifs is 2. The maximum Gasteiger partial charge on any atom is 0.125 e. The second kappa shape index (κ2) is 6.86. The van der Waals surface area contributed by atoms with Crippen LogP contribution in [-0.2, 0) is 0 Å². The standard InChI is InChI=1S/C21H22N4S2/c1-3-25-9-7-15(13(25)2)20-11-16-17(6-8-22-21(16)27-20)24-14-4-5-19-18(10-14)23-12-26-19/h4-6,8,10-13,15H,3,7,9H2,1-2H3,(H,22,24)/t13-,15-/m0/s1. The van der Waals surface area contributed by atoms with E-state index in [4.69, 9.17) is 0 Å². The molecule has 3 aromatic heterocycles. The lowest BCUT2D eigenvalue weighted by molar-refractivity contribution is 0.274. The third-order valence-electron chi connectivity index (χ3n) is 5.72. The van der Waals surface area contributed by atoms with E-state index in [1.54, 1.807) is 11.3 Å². The van der Waals surface area contributed by atoms with Gasteiger partial charge in [0.05, 0.1) is 21.4 Å². The van der Waals surface area contributed by atoms with Crippen LogP contribution in [0.2, 0.25) is 0 Å². The lowest BCUT2D eigenvalue weighted by atomic mass is 9.99. The Morgan fingerprint density at radius 1 is 1.22 bits per heavy atom. The first-order chi connectivity index (χ1) is 13.2. The van der Waals surface area contributed by atoms with E-state index in [0.717, 1.165) is 28.3 Å². The second-order valence-corrected chi connectivity index (χ2v) is 9.10. The quantitative estimate of drug-likeness (QED) is 0.471. The second-order valence-electron chi connectivity index (χ2n) is 7.15. The van der Waals surface area contributed by atoms with E-state index in [0.29, 0.717) is 12.0 Å². The van der Waals surface area contributed by atoms with Crippen molar-refractivity contribution in [3.05, 3.63) is 46.9 Å². The molecule has 1 N–H and O–H groups in total. The predicted molar refractivity (Wildman–Crippen MR) is 117 cm³/mol. The summed E-state index contributed by atoms with van der Waals surface area (Å²) in [6.07, 6.45) is 3.15. The molecule has 0 bridgehead atoms. The van der Waals surface area contributed by atoms with Gasteiger partial charge in [0.25, 0.3) is 0 Å². The van der Waals surface area contributed by atoms with Crippen molar-refractivity contribution >= 4 is 54.5 Å². The molecule has 0 amide bonds. The van der Waals surface area contributed by atoms with Gasteiger partial charge < -0.3 is 10.2 Å². The molecule has 6 heteroatoms. The van der Waals surface area contributed by atoms with Gasteiger partial charge in [-0.25, -0.2) is 9.97 Å². The minimum absolute atomic E-state index is 0.603. The van der Waals surface area contributed by atoms with Crippen molar-refractivity contribution < 1.29 is 0 Å². The summed E-state index contributed by atoms with van der Waals surface area (Å²) in [6.45, 7) is 6.95. The smallest absolute Gasteiger partial charge is 0.125 e. The monoisotopic (exact) mass is 394 g/mol. The highest BCUT2D eigenvalue weighted by Gasteiger charge is 2.32. The van der Waals surface area contributed by atoms with Crippen LogP contribution in [0.15, 0.2) is 42.0 Å². The van der Waals surface area contributed by atoms with Gasteiger partial charge in [-0.1, -0.05) is 6.92 Å². The Morgan fingerprint density at radius 3 is 3.00 bits per heavy atom. The Kier molecular flexibility index (Phi) is 4.34. The largest absolute Gasteiger partial charge is 0.355 e. The van der Waals surface area contributed by atoms with Gasteiger partial charge in [0.1, 0.15) is 4.83 Å². The van der Waals surface area contributed by atoms with Crippen molar-refractivity contribution in [2.24, 2.45) is 0 Å². The molecule has 5 rings (SSSR count). The molecule has 0 unspecified atom stereocenters. The summed E-state index contributed by atoms with van der Waals surface area (Å²) in [7, 11) is 0. The fourth-order valence-corrected chi connectivity index (χ4v) is 6.09. The zero-order valence-corrected chi connectivity index (χ0v) is 17.1. The third kappa shape index (κ3) is 3.02. The van der Waals surface area contributed by atoms with Crippen LogP contribution in [0.1, 0.15) is 31.1 Å². The molecule has 4 heterocycles. The molecule has 4 nitrogen and oxygen atoms in total. The van der Waals surface area contributed by atoms with Gasteiger partial charge in [-0.15, -0.1) is 22.7 Å². The summed E-state index contributed by atoms with van der Waals surface area (Å²) in [5.41, 5.74) is 5.13. The average Bonchev–Trinajstić information content (AvgIpc) is 3.39. The maximum atomic E-state index is 4.64. The first-order valence-electron chi connectivity index (χ1n) is 9.45. The number of hydrogen-bond donors (Lipinski definition) is 1. The van der Waals surface area contributed by atoms with Crippen LogP contribution in [0.25, 0.3) is 20.4 Å². The molecule has 138 valence electrons. The van der Waals surface area contributed by atoms with Crippen molar-refractivity contribution in [3.8, 4) is 0 Å². The molecule has 1 aromatic carbocycles. The topological polar surface area (TPSA) is 41.0 Å². The van der Waals surface area contributed by atoms with Crippen LogP contribution in [0.5, 0.6) is 0 Å². The van der Waals surface area contributed by atoms with Gasteiger partial charge >= 0.3 is 0 Å². The Labute approximate surface area is 166 Å². The van der Waals surface area contributed by atoms with Crippen LogP contribution in [0.3, 0.4) is 0 Å². The first kappa shape index (κ1) is 17.1. The summed E-state index contributed by atoms with van der Waals surface area (Å²) in [6, 6.07) is 11.4. The SMILES string of the molecule is CCN1CC[C@H](c2cc3c(Nc4ccc5scnc5c4)ccnc3s2)[C@@H]1C. The van der Waals surface area contributed by atoms with Gasteiger partial charge in [-0.2, -0.15) is 0 Å². The van der Waals surface area contributed by atoms with E-state index >= 15 is 0 Å². The summed E-state index contributed by atoms with van der Waals surface area (Å²) >= 11 is 3.52. The molecular formula is C21H22N4S2. The minimum atomic E-state index is 0.603. The molecule has 0 spiro atoms. The number of aromatic nitrogens is 2. The molecule has 1 aliphatic heterocycles. The van der Waals surface area contributed by atoms with E-state index in [1.165, 1.54) is 27.9 Å². The zero-order valence-electron chi connectivity index (χ0n) is 15.5. The highest BCUT2D eigenvalue weighted by atomic mass is 32.1. The van der Waals surface area contributed by atoms with E-state index in [1.807, 2.05) is 23.0 Å². The lowest BCUT2D eigenvalue weighted by Gasteiger charge is -2.22. The molecule has 4 aromatic rings. The molecule has 1 saturated heterocycles. The molecule has 0 aliphatic carbocycles. The molecule has 2 atom stereocenters. The van der Waals surface area contributed by atoms with E-state index in [-0.39, 0.29) is 0 Å². The number of thiazole rings is 1. The number of thiophene rings is 1. The van der Waals surface area contributed by atoms with E-state index in [2.05, 4.69) is 64.4 Å². The normalized spacial score (nSPS) is 20.7. The van der Waals surface area contributed by atoms with Crippen molar-refractivity contribution in [2.75, 3.05) is 18.4 Å². The predicted octanol–water partition coefficient (Wildman–Crippen LogP) is 5.85. The molecule has 0 radical (unpaired) electrons. The molecule has 27 heavy (non-hydrogen) atoms. The number of hydrogen-bond acceptors (Lipinski definition) is 6. The van der Waals surface area contributed by atoms with Crippen LogP contribution in [-0.4, -0.2) is 34.0 Å². The number of rotatable bonds is 4. The molecule has 1 aliphatic rings. The lowest BCUT2D eigenvalue weighted by Crippen LogP contribution is -2.28. The van der Waals surface area contributed by atoms with Gasteiger partial charge in [-0.05, 0) is 56.8 Å². The van der Waals surface area contributed by atoms with Gasteiger partial charge in [0, 0.05) is 34.1 Å². The Bertz CT molecular complexity index is 1100. The Morgan fingerprint density at radius 2 is 2.15 bits per heavy atom. The van der Waals surface area contributed by atoms with Crippen LogP contribution in [0, 0.1) is 0 Å². The number of anilines is 2. The fourth-order valence-electron chi connectivity index (χ4n) is 4.17. The molecule has 0 saturated carbocycles. The van der Waals surface area contributed by atoms with Crippen molar-refractivity contribution in [2.45, 2.75) is 32.2 Å². The number of likely N-dealkylation sites (tertiary alicyclic amines) is 1.